The van der Waals surface area contributed by atoms with Gasteiger partial charge in [0.2, 0.25) is 10.0 Å². The van der Waals surface area contributed by atoms with Crippen LogP contribution in [0.3, 0.4) is 0 Å². The molecule has 0 aromatic heterocycles. The fourth-order valence-electron chi connectivity index (χ4n) is 1.39. The van der Waals surface area contributed by atoms with Crippen molar-refractivity contribution in [2.45, 2.75) is 32.2 Å². The van der Waals surface area contributed by atoms with E-state index in [1.165, 1.54) is 11.4 Å². The van der Waals surface area contributed by atoms with E-state index in [-0.39, 0.29) is 24.2 Å². The Morgan fingerprint density at radius 1 is 1.44 bits per heavy atom. The summed E-state index contributed by atoms with van der Waals surface area (Å²) in [5.41, 5.74) is 0. The standard InChI is InChI=1S/C11H23NO4S2/c1-10(7-8-17-4)12(2)18(14,15)9-5-6-11(13)16-3/h10H,5-9H2,1-4H3. The van der Waals surface area contributed by atoms with Gasteiger partial charge in [-0.2, -0.15) is 11.8 Å². The van der Waals surface area contributed by atoms with Crippen LogP contribution in [0.2, 0.25) is 0 Å². The van der Waals surface area contributed by atoms with E-state index >= 15 is 0 Å². The Kier molecular flexibility index (Phi) is 8.64. The Hall–Kier alpha value is -0.270. The topological polar surface area (TPSA) is 63.7 Å². The number of sulfonamides is 1. The van der Waals surface area contributed by atoms with Gasteiger partial charge in [0, 0.05) is 19.5 Å². The first-order valence-corrected chi connectivity index (χ1v) is 8.87. The second-order valence-corrected chi connectivity index (χ2v) is 7.28. The summed E-state index contributed by atoms with van der Waals surface area (Å²) in [7, 11) is -0.383. The van der Waals surface area contributed by atoms with Crippen LogP contribution in [-0.4, -0.2) is 56.7 Å². The number of rotatable bonds is 9. The molecule has 0 aliphatic heterocycles. The first-order chi connectivity index (χ1) is 8.35. The van der Waals surface area contributed by atoms with Crippen molar-refractivity contribution < 1.29 is 17.9 Å². The van der Waals surface area contributed by atoms with E-state index in [2.05, 4.69) is 4.74 Å². The summed E-state index contributed by atoms with van der Waals surface area (Å²) < 4.78 is 29.8. The monoisotopic (exact) mass is 297 g/mol. The third-order valence-electron chi connectivity index (χ3n) is 2.81. The van der Waals surface area contributed by atoms with Crippen molar-refractivity contribution in [3.63, 3.8) is 0 Å². The average Bonchev–Trinajstić information content (AvgIpc) is 2.34. The molecule has 18 heavy (non-hydrogen) atoms. The van der Waals surface area contributed by atoms with E-state index in [1.54, 1.807) is 18.8 Å². The van der Waals surface area contributed by atoms with Crippen molar-refractivity contribution in [1.29, 1.82) is 0 Å². The Morgan fingerprint density at radius 3 is 2.56 bits per heavy atom. The fourth-order valence-corrected chi connectivity index (χ4v) is 3.42. The van der Waals surface area contributed by atoms with Gasteiger partial charge < -0.3 is 4.74 Å². The second-order valence-electron chi connectivity index (χ2n) is 4.14. The van der Waals surface area contributed by atoms with Crippen LogP contribution in [0.25, 0.3) is 0 Å². The van der Waals surface area contributed by atoms with E-state index in [1.807, 2.05) is 13.2 Å². The summed E-state index contributed by atoms with van der Waals surface area (Å²) in [6, 6.07) is -0.0134. The maximum atomic E-state index is 12.0. The zero-order valence-corrected chi connectivity index (χ0v) is 13.1. The summed E-state index contributed by atoms with van der Waals surface area (Å²) in [5, 5.41) is 0. The zero-order chi connectivity index (χ0) is 14.2. The van der Waals surface area contributed by atoms with E-state index in [0.29, 0.717) is 6.42 Å². The maximum absolute atomic E-state index is 12.0. The van der Waals surface area contributed by atoms with E-state index < -0.39 is 10.0 Å². The molecule has 1 unspecified atom stereocenters. The fraction of sp³-hybridized carbons (Fsp3) is 0.909. The van der Waals surface area contributed by atoms with E-state index in [4.69, 9.17) is 0 Å². The molecule has 0 heterocycles. The van der Waals surface area contributed by atoms with Crippen LogP contribution >= 0.6 is 11.8 Å². The van der Waals surface area contributed by atoms with Gasteiger partial charge in [0.25, 0.3) is 0 Å². The molecule has 0 bridgehead atoms. The molecule has 0 N–H and O–H groups in total. The smallest absolute Gasteiger partial charge is 0.305 e. The lowest BCUT2D eigenvalue weighted by atomic mass is 10.3. The van der Waals surface area contributed by atoms with Crippen molar-refractivity contribution in [3.8, 4) is 0 Å². The number of thioether (sulfide) groups is 1. The van der Waals surface area contributed by atoms with Gasteiger partial charge in [-0.3, -0.25) is 4.79 Å². The summed E-state index contributed by atoms with van der Waals surface area (Å²) in [6.45, 7) is 1.90. The van der Waals surface area contributed by atoms with Crippen LogP contribution in [-0.2, 0) is 19.6 Å². The number of hydrogen-bond acceptors (Lipinski definition) is 5. The van der Waals surface area contributed by atoms with Gasteiger partial charge >= 0.3 is 5.97 Å². The molecule has 0 aromatic carbocycles. The predicted octanol–water partition coefficient (Wildman–Crippen LogP) is 1.34. The number of carbonyl (C=O) groups excluding carboxylic acids is 1. The molecule has 0 fully saturated rings. The first kappa shape index (κ1) is 17.7. The van der Waals surface area contributed by atoms with Crippen molar-refractivity contribution in [3.05, 3.63) is 0 Å². The van der Waals surface area contributed by atoms with Crippen LogP contribution in [0.5, 0.6) is 0 Å². The van der Waals surface area contributed by atoms with Gasteiger partial charge in [-0.25, -0.2) is 12.7 Å². The number of esters is 1. The van der Waals surface area contributed by atoms with Crippen LogP contribution < -0.4 is 0 Å². The molecule has 0 amide bonds. The Labute approximate surface area is 114 Å². The van der Waals surface area contributed by atoms with Crippen molar-refractivity contribution in [1.82, 2.24) is 4.31 Å². The second kappa shape index (κ2) is 8.77. The summed E-state index contributed by atoms with van der Waals surface area (Å²) in [6.07, 6.45) is 3.27. The van der Waals surface area contributed by atoms with Crippen LogP contribution in [0.15, 0.2) is 0 Å². The van der Waals surface area contributed by atoms with Gasteiger partial charge in [-0.15, -0.1) is 0 Å². The minimum Gasteiger partial charge on any atom is -0.469 e. The molecular formula is C11H23NO4S2. The first-order valence-electron chi connectivity index (χ1n) is 5.86. The molecule has 0 aliphatic rings. The Balaban J connectivity index is 4.22. The highest BCUT2D eigenvalue weighted by Crippen LogP contribution is 2.12. The molecule has 0 aliphatic carbocycles. The molecule has 7 heteroatoms. The number of hydrogen-bond donors (Lipinski definition) is 0. The lowest BCUT2D eigenvalue weighted by Gasteiger charge is -2.24. The molecule has 0 rings (SSSR count). The third-order valence-corrected chi connectivity index (χ3v) is 5.50. The number of methoxy groups -OCH3 is 1. The molecular weight excluding hydrogens is 274 g/mol. The van der Waals surface area contributed by atoms with E-state index in [0.717, 1.165) is 12.2 Å². The summed E-state index contributed by atoms with van der Waals surface area (Å²) in [4.78, 5) is 10.9. The SMILES string of the molecule is COC(=O)CCCS(=O)(=O)N(C)C(C)CCSC. The molecule has 0 saturated heterocycles. The average molecular weight is 297 g/mol. The minimum atomic E-state index is -3.28. The van der Waals surface area contributed by atoms with Gasteiger partial charge in [-0.1, -0.05) is 0 Å². The van der Waals surface area contributed by atoms with Crippen LogP contribution in [0.4, 0.5) is 0 Å². The van der Waals surface area contributed by atoms with Gasteiger partial charge in [0.15, 0.2) is 0 Å². The molecule has 0 spiro atoms. The zero-order valence-electron chi connectivity index (χ0n) is 11.5. The van der Waals surface area contributed by atoms with Crippen LogP contribution in [0, 0.1) is 0 Å². The Bertz CT molecular complexity index is 343. The number of carbonyl (C=O) groups is 1. The predicted molar refractivity (Wildman–Crippen MR) is 75.3 cm³/mol. The van der Waals surface area contributed by atoms with Crippen molar-refractivity contribution in [2.24, 2.45) is 0 Å². The van der Waals surface area contributed by atoms with Crippen LogP contribution in [0.1, 0.15) is 26.2 Å². The van der Waals surface area contributed by atoms with Gasteiger partial charge in [-0.05, 0) is 31.8 Å². The summed E-state index contributed by atoms with van der Waals surface area (Å²) >= 11 is 1.70. The molecule has 0 radical (unpaired) electrons. The summed E-state index contributed by atoms with van der Waals surface area (Å²) in [5.74, 6) is 0.550. The normalized spacial score (nSPS) is 13.6. The molecule has 5 nitrogen and oxygen atoms in total. The highest BCUT2D eigenvalue weighted by molar-refractivity contribution is 7.98. The van der Waals surface area contributed by atoms with Crippen molar-refractivity contribution in [2.75, 3.05) is 31.9 Å². The van der Waals surface area contributed by atoms with E-state index in [9.17, 15) is 13.2 Å². The lowest BCUT2D eigenvalue weighted by molar-refractivity contribution is -0.140. The maximum Gasteiger partial charge on any atom is 0.305 e. The lowest BCUT2D eigenvalue weighted by Crippen LogP contribution is -2.37. The third kappa shape index (κ3) is 6.61. The van der Waals surface area contributed by atoms with Gasteiger partial charge in [0.05, 0.1) is 12.9 Å². The minimum absolute atomic E-state index is 0.0117. The number of ether oxygens (including phenoxy) is 1. The largest absolute Gasteiger partial charge is 0.469 e. The Morgan fingerprint density at radius 2 is 2.06 bits per heavy atom. The molecule has 108 valence electrons. The molecule has 1 atom stereocenters. The van der Waals surface area contributed by atoms with Gasteiger partial charge in [0.1, 0.15) is 0 Å². The highest BCUT2D eigenvalue weighted by Gasteiger charge is 2.22. The van der Waals surface area contributed by atoms with Crippen molar-refractivity contribution >= 4 is 27.8 Å². The molecule has 0 aromatic rings. The highest BCUT2D eigenvalue weighted by atomic mass is 32.2. The quantitative estimate of drug-likeness (QED) is 0.601. The number of nitrogens with zero attached hydrogens (tertiary/aromatic N) is 1. The molecule has 0 saturated carbocycles.